The first-order valence-electron chi connectivity index (χ1n) is 7.08. The second kappa shape index (κ2) is 6.90. The van der Waals surface area contributed by atoms with Gasteiger partial charge in [-0.3, -0.25) is 0 Å². The van der Waals surface area contributed by atoms with Gasteiger partial charge in [0.05, 0.1) is 6.61 Å². The van der Waals surface area contributed by atoms with Gasteiger partial charge in [0.15, 0.2) is 0 Å². The first-order chi connectivity index (χ1) is 8.81. The minimum atomic E-state index is 0.573. The first-order valence-corrected chi connectivity index (χ1v) is 7.08. The normalized spacial score (nSPS) is 21.3. The van der Waals surface area contributed by atoms with E-state index in [-0.39, 0.29) is 0 Å². The van der Waals surface area contributed by atoms with Crippen LogP contribution in [0, 0.1) is 5.92 Å². The molecular formula is C14H25N3O. The van der Waals surface area contributed by atoms with Crippen LogP contribution in [0.2, 0.25) is 0 Å². The molecular weight excluding hydrogens is 226 g/mol. The van der Waals surface area contributed by atoms with Gasteiger partial charge in [0.25, 0.3) is 0 Å². The molecule has 2 heterocycles. The Bertz CT molecular complexity index is 345. The Kier molecular flexibility index (Phi) is 5.20. The zero-order chi connectivity index (χ0) is 12.8. The van der Waals surface area contributed by atoms with Crippen molar-refractivity contribution >= 4 is 0 Å². The predicted octanol–water partition coefficient (Wildman–Crippen LogP) is 1.76. The van der Waals surface area contributed by atoms with Crippen LogP contribution < -0.4 is 5.32 Å². The van der Waals surface area contributed by atoms with Crippen molar-refractivity contribution in [3.8, 4) is 0 Å². The van der Waals surface area contributed by atoms with Crippen molar-refractivity contribution in [3.63, 3.8) is 0 Å². The fourth-order valence-electron chi connectivity index (χ4n) is 2.63. The van der Waals surface area contributed by atoms with Crippen molar-refractivity contribution in [1.82, 2.24) is 14.9 Å². The van der Waals surface area contributed by atoms with Crippen molar-refractivity contribution in [2.75, 3.05) is 19.8 Å². The number of imidazole rings is 1. The molecule has 4 nitrogen and oxygen atoms in total. The average molecular weight is 251 g/mol. The third-order valence-corrected chi connectivity index (χ3v) is 3.79. The Morgan fingerprint density at radius 3 is 3.11 bits per heavy atom. The number of hydrogen-bond acceptors (Lipinski definition) is 3. The molecule has 1 aromatic heterocycles. The molecule has 2 unspecified atom stereocenters. The van der Waals surface area contributed by atoms with E-state index < -0.39 is 0 Å². The fourth-order valence-corrected chi connectivity index (χ4v) is 2.63. The van der Waals surface area contributed by atoms with E-state index in [1.807, 2.05) is 12.4 Å². The number of aromatic nitrogens is 2. The summed E-state index contributed by atoms with van der Waals surface area (Å²) in [6.45, 7) is 5.16. The van der Waals surface area contributed by atoms with Crippen LogP contribution in [0.4, 0.5) is 0 Å². The van der Waals surface area contributed by atoms with Gasteiger partial charge in [0, 0.05) is 38.5 Å². The SMILES string of the molecule is CCCNC(CCc1nccn1C)C1CCOC1. The zero-order valence-corrected chi connectivity index (χ0v) is 11.6. The van der Waals surface area contributed by atoms with Gasteiger partial charge in [-0.2, -0.15) is 0 Å². The highest BCUT2D eigenvalue weighted by Crippen LogP contribution is 2.20. The summed E-state index contributed by atoms with van der Waals surface area (Å²) in [7, 11) is 2.06. The van der Waals surface area contributed by atoms with Crippen LogP contribution in [-0.4, -0.2) is 35.4 Å². The third kappa shape index (κ3) is 3.56. The van der Waals surface area contributed by atoms with E-state index in [4.69, 9.17) is 4.74 Å². The molecule has 1 aliphatic heterocycles. The molecule has 2 rings (SSSR count). The van der Waals surface area contributed by atoms with Crippen molar-refractivity contribution in [1.29, 1.82) is 0 Å². The average Bonchev–Trinajstić information content (AvgIpc) is 3.01. The summed E-state index contributed by atoms with van der Waals surface area (Å²) < 4.78 is 7.63. The summed E-state index contributed by atoms with van der Waals surface area (Å²) in [5.74, 6) is 1.86. The fraction of sp³-hybridized carbons (Fsp3) is 0.786. The molecule has 0 aromatic carbocycles. The molecule has 2 atom stereocenters. The Hall–Kier alpha value is -0.870. The van der Waals surface area contributed by atoms with E-state index in [1.54, 1.807) is 0 Å². The molecule has 1 aromatic rings. The summed E-state index contributed by atoms with van der Waals surface area (Å²) in [6.07, 6.45) is 8.47. The van der Waals surface area contributed by atoms with Gasteiger partial charge >= 0.3 is 0 Å². The Labute approximate surface area is 110 Å². The number of ether oxygens (including phenoxy) is 1. The highest BCUT2D eigenvalue weighted by Gasteiger charge is 2.25. The van der Waals surface area contributed by atoms with Crippen molar-refractivity contribution in [3.05, 3.63) is 18.2 Å². The molecule has 1 N–H and O–H groups in total. The molecule has 102 valence electrons. The van der Waals surface area contributed by atoms with Gasteiger partial charge < -0.3 is 14.6 Å². The molecule has 1 aliphatic rings. The second-order valence-electron chi connectivity index (χ2n) is 5.18. The topological polar surface area (TPSA) is 39.1 Å². The van der Waals surface area contributed by atoms with Crippen molar-refractivity contribution < 1.29 is 4.74 Å². The minimum Gasteiger partial charge on any atom is -0.381 e. The smallest absolute Gasteiger partial charge is 0.108 e. The van der Waals surface area contributed by atoms with Crippen LogP contribution in [0.1, 0.15) is 32.0 Å². The molecule has 18 heavy (non-hydrogen) atoms. The number of nitrogens with zero attached hydrogens (tertiary/aromatic N) is 2. The number of rotatable bonds is 7. The van der Waals surface area contributed by atoms with E-state index in [0.29, 0.717) is 12.0 Å². The lowest BCUT2D eigenvalue weighted by atomic mass is 9.94. The number of nitrogens with one attached hydrogen (secondary N) is 1. The zero-order valence-electron chi connectivity index (χ0n) is 11.6. The van der Waals surface area contributed by atoms with Crippen LogP contribution in [0.5, 0.6) is 0 Å². The Morgan fingerprint density at radius 2 is 2.50 bits per heavy atom. The molecule has 0 radical (unpaired) electrons. The molecule has 0 saturated carbocycles. The van der Waals surface area contributed by atoms with Crippen LogP contribution >= 0.6 is 0 Å². The van der Waals surface area contributed by atoms with Gasteiger partial charge in [-0.05, 0) is 31.7 Å². The highest BCUT2D eigenvalue weighted by atomic mass is 16.5. The summed E-state index contributed by atoms with van der Waals surface area (Å²) in [5, 5.41) is 3.68. The van der Waals surface area contributed by atoms with Gasteiger partial charge in [-0.25, -0.2) is 4.98 Å². The largest absolute Gasteiger partial charge is 0.381 e. The first kappa shape index (κ1) is 13.6. The van der Waals surface area contributed by atoms with Crippen LogP contribution in [-0.2, 0) is 18.2 Å². The summed E-state index contributed by atoms with van der Waals surface area (Å²) >= 11 is 0. The lowest BCUT2D eigenvalue weighted by Gasteiger charge is -2.23. The number of hydrogen-bond donors (Lipinski definition) is 1. The maximum atomic E-state index is 5.52. The number of aryl methyl sites for hydroxylation is 2. The van der Waals surface area contributed by atoms with Crippen molar-refractivity contribution in [2.45, 2.75) is 38.6 Å². The summed E-state index contributed by atoms with van der Waals surface area (Å²) in [5.41, 5.74) is 0. The van der Waals surface area contributed by atoms with E-state index in [1.165, 1.54) is 18.7 Å². The van der Waals surface area contributed by atoms with Crippen LogP contribution in [0.15, 0.2) is 12.4 Å². The third-order valence-electron chi connectivity index (χ3n) is 3.79. The lowest BCUT2D eigenvalue weighted by Crippen LogP contribution is -2.37. The van der Waals surface area contributed by atoms with Crippen molar-refractivity contribution in [2.24, 2.45) is 13.0 Å². The van der Waals surface area contributed by atoms with E-state index >= 15 is 0 Å². The molecule has 4 heteroatoms. The molecule has 0 aliphatic carbocycles. The molecule has 0 spiro atoms. The molecule has 0 amide bonds. The highest BCUT2D eigenvalue weighted by molar-refractivity contribution is 4.93. The lowest BCUT2D eigenvalue weighted by molar-refractivity contribution is 0.175. The van der Waals surface area contributed by atoms with E-state index in [0.717, 1.165) is 32.6 Å². The molecule has 1 saturated heterocycles. The minimum absolute atomic E-state index is 0.573. The molecule has 0 bridgehead atoms. The Balaban J connectivity index is 1.86. The van der Waals surface area contributed by atoms with Gasteiger partial charge in [0.1, 0.15) is 5.82 Å². The van der Waals surface area contributed by atoms with Gasteiger partial charge in [0.2, 0.25) is 0 Å². The maximum Gasteiger partial charge on any atom is 0.108 e. The van der Waals surface area contributed by atoms with E-state index in [9.17, 15) is 0 Å². The summed E-state index contributed by atoms with van der Waals surface area (Å²) in [4.78, 5) is 4.40. The predicted molar refractivity (Wildman–Crippen MR) is 72.5 cm³/mol. The van der Waals surface area contributed by atoms with Crippen LogP contribution in [0.3, 0.4) is 0 Å². The monoisotopic (exact) mass is 251 g/mol. The second-order valence-corrected chi connectivity index (χ2v) is 5.18. The molecule has 1 fully saturated rings. The van der Waals surface area contributed by atoms with E-state index in [2.05, 4.69) is 28.8 Å². The quantitative estimate of drug-likeness (QED) is 0.802. The van der Waals surface area contributed by atoms with Gasteiger partial charge in [-0.1, -0.05) is 6.92 Å². The maximum absolute atomic E-state index is 5.52. The summed E-state index contributed by atoms with van der Waals surface area (Å²) in [6, 6.07) is 0.573. The van der Waals surface area contributed by atoms with Gasteiger partial charge in [-0.15, -0.1) is 0 Å². The van der Waals surface area contributed by atoms with Crippen LogP contribution in [0.25, 0.3) is 0 Å². The standard InChI is InChI=1S/C14H25N3O/c1-3-7-15-13(12-6-10-18-11-12)4-5-14-16-8-9-17(14)2/h8-9,12-13,15H,3-7,10-11H2,1-2H3. The Morgan fingerprint density at radius 1 is 1.61 bits per heavy atom.